The molecule has 0 bridgehead atoms. The van der Waals surface area contributed by atoms with Crippen molar-refractivity contribution >= 4 is 39.0 Å². The predicted octanol–water partition coefficient (Wildman–Crippen LogP) is 16.4. The molecule has 0 fully saturated rings. The number of fused-ring (bicyclic) bond motifs is 6. The standard InChI is InChI=1S/C61H41NO/c1-4-17-42(18-5-1)43-31-33-45(34-32-43)50-23-11-14-28-56(50)62(49-38-35-44(36-39-49)46-37-40-59-53(41-46)51-24-12-15-30-58(51)63-59)57-29-16-27-55-60(57)52-25-10-13-26-54(52)61(55,47-19-6-2-7-20-47)48-21-8-3-9-22-48/h1-41H. The molecule has 1 aliphatic rings. The van der Waals surface area contributed by atoms with Gasteiger partial charge in [0.2, 0.25) is 0 Å². The van der Waals surface area contributed by atoms with Crippen molar-refractivity contribution in [3.8, 4) is 44.5 Å². The number of anilines is 3. The zero-order valence-electron chi connectivity index (χ0n) is 34.5. The lowest BCUT2D eigenvalue weighted by molar-refractivity contribution is 0.669. The van der Waals surface area contributed by atoms with E-state index in [-0.39, 0.29) is 0 Å². The third kappa shape index (κ3) is 5.95. The SMILES string of the molecule is c1ccc(-c2ccc(-c3ccccc3N(c3ccc(-c4ccc5oc6ccccc6c5c4)cc3)c3cccc4c3-c3ccccc3C4(c3ccccc3)c3ccccc3)cc2)cc1. The normalized spacial score (nSPS) is 12.6. The van der Waals surface area contributed by atoms with E-state index in [0.717, 1.165) is 61.3 Å². The molecule has 12 rings (SSSR count). The van der Waals surface area contributed by atoms with Crippen LogP contribution in [-0.4, -0.2) is 0 Å². The number of hydrogen-bond donors (Lipinski definition) is 0. The first-order chi connectivity index (χ1) is 31.3. The van der Waals surface area contributed by atoms with Crippen LogP contribution in [0.25, 0.3) is 66.4 Å². The first kappa shape index (κ1) is 36.6. The summed E-state index contributed by atoms with van der Waals surface area (Å²) in [7, 11) is 0. The maximum Gasteiger partial charge on any atom is 0.135 e. The van der Waals surface area contributed by atoms with Crippen LogP contribution in [0.2, 0.25) is 0 Å². The molecule has 0 radical (unpaired) electrons. The quantitative estimate of drug-likeness (QED) is 0.152. The molecule has 11 aromatic rings. The molecule has 10 aromatic carbocycles. The van der Waals surface area contributed by atoms with Gasteiger partial charge in [-0.3, -0.25) is 0 Å². The summed E-state index contributed by atoms with van der Waals surface area (Å²) >= 11 is 0. The summed E-state index contributed by atoms with van der Waals surface area (Å²) < 4.78 is 6.19. The Kier molecular flexibility index (Phi) is 8.76. The largest absolute Gasteiger partial charge is 0.456 e. The van der Waals surface area contributed by atoms with Gasteiger partial charge in [0.25, 0.3) is 0 Å². The van der Waals surface area contributed by atoms with E-state index in [0.29, 0.717) is 0 Å². The van der Waals surface area contributed by atoms with Gasteiger partial charge in [-0.1, -0.05) is 206 Å². The van der Waals surface area contributed by atoms with Crippen LogP contribution in [0.3, 0.4) is 0 Å². The van der Waals surface area contributed by atoms with E-state index in [2.05, 4.69) is 241 Å². The Labute approximate surface area is 367 Å². The van der Waals surface area contributed by atoms with Crippen LogP contribution in [0, 0.1) is 0 Å². The third-order valence-electron chi connectivity index (χ3n) is 13.0. The van der Waals surface area contributed by atoms with Crippen molar-refractivity contribution in [3.63, 3.8) is 0 Å². The van der Waals surface area contributed by atoms with Crippen LogP contribution in [0.1, 0.15) is 22.3 Å². The molecule has 0 saturated heterocycles. The Bertz CT molecular complexity index is 3380. The lowest BCUT2D eigenvalue weighted by Crippen LogP contribution is -2.28. The van der Waals surface area contributed by atoms with Crippen molar-refractivity contribution in [1.82, 2.24) is 0 Å². The van der Waals surface area contributed by atoms with E-state index < -0.39 is 5.41 Å². The Balaban J connectivity index is 1.08. The van der Waals surface area contributed by atoms with Gasteiger partial charge in [0.05, 0.1) is 16.8 Å². The van der Waals surface area contributed by atoms with Crippen molar-refractivity contribution in [2.24, 2.45) is 0 Å². The van der Waals surface area contributed by atoms with Crippen LogP contribution in [-0.2, 0) is 5.41 Å². The van der Waals surface area contributed by atoms with E-state index in [1.807, 2.05) is 12.1 Å². The fourth-order valence-corrected chi connectivity index (χ4v) is 10.2. The van der Waals surface area contributed by atoms with E-state index in [1.165, 1.54) is 44.5 Å². The molecular weight excluding hydrogens is 763 g/mol. The summed E-state index contributed by atoms with van der Waals surface area (Å²) in [5.74, 6) is 0. The van der Waals surface area contributed by atoms with Gasteiger partial charge in [-0.15, -0.1) is 0 Å². The molecule has 0 unspecified atom stereocenters. The average Bonchev–Trinajstić information content (AvgIpc) is 3.89. The van der Waals surface area contributed by atoms with Crippen molar-refractivity contribution in [3.05, 3.63) is 271 Å². The molecule has 0 N–H and O–H groups in total. The van der Waals surface area contributed by atoms with E-state index in [9.17, 15) is 0 Å². The number of para-hydroxylation sites is 2. The Morgan fingerprint density at radius 3 is 1.57 bits per heavy atom. The zero-order valence-corrected chi connectivity index (χ0v) is 34.5. The Morgan fingerprint density at radius 2 is 0.825 bits per heavy atom. The third-order valence-corrected chi connectivity index (χ3v) is 13.0. The van der Waals surface area contributed by atoms with Gasteiger partial charge in [-0.2, -0.15) is 0 Å². The molecule has 296 valence electrons. The molecule has 2 nitrogen and oxygen atoms in total. The number of benzene rings is 10. The van der Waals surface area contributed by atoms with Gasteiger partial charge in [0.1, 0.15) is 11.2 Å². The van der Waals surface area contributed by atoms with Crippen molar-refractivity contribution in [1.29, 1.82) is 0 Å². The first-order valence-electron chi connectivity index (χ1n) is 21.7. The predicted molar refractivity (Wildman–Crippen MR) is 262 cm³/mol. The highest BCUT2D eigenvalue weighted by Gasteiger charge is 2.47. The number of nitrogens with zero attached hydrogens (tertiary/aromatic N) is 1. The van der Waals surface area contributed by atoms with Gasteiger partial charge in [0, 0.05) is 27.6 Å². The van der Waals surface area contributed by atoms with Crippen LogP contribution in [0.5, 0.6) is 0 Å². The van der Waals surface area contributed by atoms with Crippen LogP contribution in [0.4, 0.5) is 17.1 Å². The maximum absolute atomic E-state index is 6.19. The second kappa shape index (κ2) is 15.1. The van der Waals surface area contributed by atoms with Crippen molar-refractivity contribution < 1.29 is 4.42 Å². The summed E-state index contributed by atoms with van der Waals surface area (Å²) in [6.07, 6.45) is 0. The van der Waals surface area contributed by atoms with Crippen molar-refractivity contribution in [2.45, 2.75) is 5.41 Å². The Morgan fingerprint density at radius 1 is 0.317 bits per heavy atom. The molecule has 0 aliphatic heterocycles. The summed E-state index contributed by atoms with van der Waals surface area (Å²) in [5, 5.41) is 2.26. The maximum atomic E-state index is 6.19. The first-order valence-corrected chi connectivity index (χ1v) is 21.7. The van der Waals surface area contributed by atoms with Gasteiger partial charge in [0.15, 0.2) is 0 Å². The number of rotatable bonds is 8. The second-order valence-electron chi connectivity index (χ2n) is 16.4. The lowest BCUT2D eigenvalue weighted by atomic mass is 9.68. The number of hydrogen-bond acceptors (Lipinski definition) is 2. The smallest absolute Gasteiger partial charge is 0.135 e. The molecule has 1 aromatic heterocycles. The molecule has 1 heterocycles. The van der Waals surface area contributed by atoms with Crippen LogP contribution < -0.4 is 4.90 Å². The summed E-state index contributed by atoms with van der Waals surface area (Å²) in [6.45, 7) is 0. The van der Waals surface area contributed by atoms with Gasteiger partial charge >= 0.3 is 0 Å². The minimum absolute atomic E-state index is 0.525. The van der Waals surface area contributed by atoms with E-state index in [4.69, 9.17) is 4.42 Å². The molecule has 0 amide bonds. The van der Waals surface area contributed by atoms with E-state index >= 15 is 0 Å². The van der Waals surface area contributed by atoms with Crippen molar-refractivity contribution in [2.75, 3.05) is 4.90 Å². The minimum atomic E-state index is -0.525. The topological polar surface area (TPSA) is 16.4 Å². The summed E-state index contributed by atoms with van der Waals surface area (Å²) in [5.41, 5.74) is 19.1. The van der Waals surface area contributed by atoms with Gasteiger partial charge in [-0.25, -0.2) is 0 Å². The highest BCUT2D eigenvalue weighted by atomic mass is 16.3. The lowest BCUT2D eigenvalue weighted by Gasteiger charge is -2.34. The van der Waals surface area contributed by atoms with Crippen LogP contribution in [0.15, 0.2) is 253 Å². The summed E-state index contributed by atoms with van der Waals surface area (Å²) in [6, 6.07) is 90.4. The average molecular weight is 804 g/mol. The number of furan rings is 1. The molecule has 2 heteroatoms. The molecule has 63 heavy (non-hydrogen) atoms. The molecule has 0 atom stereocenters. The monoisotopic (exact) mass is 803 g/mol. The fraction of sp³-hybridized carbons (Fsp3) is 0.0164. The fourth-order valence-electron chi connectivity index (χ4n) is 10.2. The molecule has 0 spiro atoms. The molecule has 0 saturated carbocycles. The Hall–Kier alpha value is -8.20. The van der Waals surface area contributed by atoms with Gasteiger partial charge < -0.3 is 9.32 Å². The molecule has 1 aliphatic carbocycles. The second-order valence-corrected chi connectivity index (χ2v) is 16.4. The highest BCUT2D eigenvalue weighted by molar-refractivity contribution is 6.06. The zero-order chi connectivity index (χ0) is 41.7. The van der Waals surface area contributed by atoms with E-state index in [1.54, 1.807) is 0 Å². The molecular formula is C61H41NO. The highest BCUT2D eigenvalue weighted by Crippen LogP contribution is 2.60. The van der Waals surface area contributed by atoms with Crippen LogP contribution >= 0.6 is 0 Å². The van der Waals surface area contributed by atoms with Gasteiger partial charge in [-0.05, 0) is 98.1 Å². The minimum Gasteiger partial charge on any atom is -0.456 e. The summed E-state index contributed by atoms with van der Waals surface area (Å²) in [4.78, 5) is 2.48.